The van der Waals surface area contributed by atoms with Crippen molar-refractivity contribution >= 4 is 11.7 Å². The van der Waals surface area contributed by atoms with Crippen molar-refractivity contribution in [2.45, 2.75) is 6.54 Å². The van der Waals surface area contributed by atoms with Gasteiger partial charge in [0, 0.05) is 25.3 Å². The summed E-state index contributed by atoms with van der Waals surface area (Å²) in [6, 6.07) is 7.31. The maximum atomic E-state index is 11.5. The second-order valence-corrected chi connectivity index (χ2v) is 4.09. The number of benzene rings is 1. The summed E-state index contributed by atoms with van der Waals surface area (Å²) in [6.45, 7) is 1.91. The van der Waals surface area contributed by atoms with Gasteiger partial charge in [-0.2, -0.15) is 0 Å². The Morgan fingerprint density at radius 2 is 2.18 bits per heavy atom. The molecule has 0 spiro atoms. The highest BCUT2D eigenvalue weighted by molar-refractivity contribution is 5.89. The molecule has 1 rings (SSSR count). The van der Waals surface area contributed by atoms with Crippen LogP contribution in [0.3, 0.4) is 0 Å². The molecule has 0 radical (unpaired) electrons. The molecule has 0 unspecified atom stereocenters. The fraction of sp³-hybridized carbons (Fsp3) is 0.417. The van der Waals surface area contributed by atoms with Crippen molar-refractivity contribution in [2.75, 3.05) is 32.5 Å². The van der Waals surface area contributed by atoms with E-state index in [1.165, 1.54) is 0 Å². The highest BCUT2D eigenvalue weighted by atomic mass is 16.2. The highest BCUT2D eigenvalue weighted by Gasteiger charge is 2.01. The van der Waals surface area contributed by atoms with Crippen LogP contribution in [0.25, 0.3) is 0 Å². The largest absolute Gasteiger partial charge is 0.337 e. The van der Waals surface area contributed by atoms with Gasteiger partial charge in [0.15, 0.2) is 0 Å². The van der Waals surface area contributed by atoms with Gasteiger partial charge in [-0.1, -0.05) is 12.1 Å². The number of hydrogen-bond donors (Lipinski definition) is 3. The summed E-state index contributed by atoms with van der Waals surface area (Å²) < 4.78 is 0. The van der Waals surface area contributed by atoms with Crippen LogP contribution < -0.4 is 16.4 Å². The van der Waals surface area contributed by atoms with E-state index in [9.17, 15) is 4.79 Å². The standard InChI is InChI=1S/C12H20N4O/c1-16(2)7-6-14-12(17)15-11-5-3-4-10(8-11)9-13/h3-5,8H,6-7,9,13H2,1-2H3,(H2,14,15,17). The van der Waals surface area contributed by atoms with Crippen molar-refractivity contribution in [2.24, 2.45) is 5.73 Å². The lowest BCUT2D eigenvalue weighted by atomic mass is 10.2. The van der Waals surface area contributed by atoms with Crippen LogP contribution in [0.15, 0.2) is 24.3 Å². The van der Waals surface area contributed by atoms with E-state index < -0.39 is 0 Å². The van der Waals surface area contributed by atoms with Crippen LogP contribution in [0.2, 0.25) is 0 Å². The minimum Gasteiger partial charge on any atom is -0.337 e. The predicted molar refractivity (Wildman–Crippen MR) is 69.9 cm³/mol. The average Bonchev–Trinajstić information content (AvgIpc) is 2.28. The SMILES string of the molecule is CN(C)CCNC(=O)Nc1cccc(CN)c1. The second kappa shape index (κ2) is 6.88. The second-order valence-electron chi connectivity index (χ2n) is 4.09. The third-order valence-electron chi connectivity index (χ3n) is 2.27. The Morgan fingerprint density at radius 1 is 1.41 bits per heavy atom. The van der Waals surface area contributed by atoms with E-state index in [1.807, 2.05) is 43.3 Å². The number of hydrogen-bond acceptors (Lipinski definition) is 3. The Bertz CT molecular complexity index is 365. The first-order valence-electron chi connectivity index (χ1n) is 5.60. The molecule has 0 saturated heterocycles. The van der Waals surface area contributed by atoms with E-state index in [-0.39, 0.29) is 6.03 Å². The molecule has 0 atom stereocenters. The fourth-order valence-electron chi connectivity index (χ4n) is 1.34. The van der Waals surface area contributed by atoms with E-state index in [0.717, 1.165) is 17.8 Å². The summed E-state index contributed by atoms with van der Waals surface area (Å²) in [4.78, 5) is 13.5. The Balaban J connectivity index is 2.39. The van der Waals surface area contributed by atoms with Gasteiger partial charge in [0.2, 0.25) is 0 Å². The lowest BCUT2D eigenvalue weighted by molar-refractivity contribution is 0.250. The number of urea groups is 1. The number of rotatable bonds is 5. The molecule has 1 aromatic carbocycles. The number of nitrogens with zero attached hydrogens (tertiary/aromatic N) is 1. The minimum absolute atomic E-state index is 0.193. The monoisotopic (exact) mass is 236 g/mol. The molecule has 0 aliphatic carbocycles. The van der Waals surface area contributed by atoms with E-state index >= 15 is 0 Å². The molecule has 0 aromatic heterocycles. The smallest absolute Gasteiger partial charge is 0.319 e. The van der Waals surface area contributed by atoms with Gasteiger partial charge in [-0.05, 0) is 31.8 Å². The Morgan fingerprint density at radius 3 is 2.82 bits per heavy atom. The molecule has 4 N–H and O–H groups in total. The summed E-state index contributed by atoms with van der Waals surface area (Å²) in [5.74, 6) is 0. The molecule has 5 nitrogen and oxygen atoms in total. The molecule has 94 valence electrons. The van der Waals surface area contributed by atoms with Crippen LogP contribution in [-0.2, 0) is 6.54 Å². The molecule has 0 heterocycles. The van der Waals surface area contributed by atoms with Crippen molar-refractivity contribution < 1.29 is 4.79 Å². The summed E-state index contributed by atoms with van der Waals surface area (Å²) >= 11 is 0. The van der Waals surface area contributed by atoms with Gasteiger partial charge in [0.25, 0.3) is 0 Å². The van der Waals surface area contributed by atoms with Gasteiger partial charge < -0.3 is 21.3 Å². The average molecular weight is 236 g/mol. The molecule has 5 heteroatoms. The summed E-state index contributed by atoms with van der Waals surface area (Å²) in [6.07, 6.45) is 0. The molecule has 0 aliphatic rings. The van der Waals surface area contributed by atoms with Crippen LogP contribution in [0.4, 0.5) is 10.5 Å². The molecule has 0 fully saturated rings. The number of carbonyl (C=O) groups excluding carboxylic acids is 1. The molecule has 2 amide bonds. The number of carbonyl (C=O) groups is 1. The Labute approximate surface area is 102 Å². The van der Waals surface area contributed by atoms with Crippen LogP contribution in [0, 0.1) is 0 Å². The number of likely N-dealkylation sites (N-methyl/N-ethyl adjacent to an activating group) is 1. The van der Waals surface area contributed by atoms with Gasteiger partial charge in [0.05, 0.1) is 0 Å². The first kappa shape index (κ1) is 13.5. The zero-order valence-electron chi connectivity index (χ0n) is 10.4. The maximum absolute atomic E-state index is 11.5. The third-order valence-corrected chi connectivity index (χ3v) is 2.27. The number of nitrogens with two attached hydrogens (primary N) is 1. The third kappa shape index (κ3) is 5.33. The number of anilines is 1. The fourth-order valence-corrected chi connectivity index (χ4v) is 1.34. The predicted octanol–water partition coefficient (Wildman–Crippen LogP) is 0.828. The van der Waals surface area contributed by atoms with E-state index in [0.29, 0.717) is 13.1 Å². The Hall–Kier alpha value is -1.59. The zero-order valence-corrected chi connectivity index (χ0v) is 10.4. The molecular weight excluding hydrogens is 216 g/mol. The molecule has 0 saturated carbocycles. The van der Waals surface area contributed by atoms with E-state index in [4.69, 9.17) is 5.73 Å². The van der Waals surface area contributed by atoms with E-state index in [1.54, 1.807) is 0 Å². The Kier molecular flexibility index (Phi) is 5.45. The summed E-state index contributed by atoms with van der Waals surface area (Å²) in [5.41, 5.74) is 7.29. The van der Waals surface area contributed by atoms with Gasteiger partial charge in [-0.15, -0.1) is 0 Å². The van der Waals surface area contributed by atoms with Crippen molar-refractivity contribution in [3.05, 3.63) is 29.8 Å². The van der Waals surface area contributed by atoms with Gasteiger partial charge in [-0.3, -0.25) is 0 Å². The van der Waals surface area contributed by atoms with Crippen molar-refractivity contribution in [3.8, 4) is 0 Å². The normalized spacial score (nSPS) is 10.4. The molecule has 1 aromatic rings. The van der Waals surface area contributed by atoms with Crippen molar-refractivity contribution in [1.82, 2.24) is 10.2 Å². The van der Waals surface area contributed by atoms with Gasteiger partial charge in [-0.25, -0.2) is 4.79 Å². The topological polar surface area (TPSA) is 70.4 Å². The first-order valence-corrected chi connectivity index (χ1v) is 5.60. The number of nitrogens with one attached hydrogen (secondary N) is 2. The lowest BCUT2D eigenvalue weighted by Crippen LogP contribution is -2.34. The maximum Gasteiger partial charge on any atom is 0.319 e. The molecular formula is C12H20N4O. The van der Waals surface area contributed by atoms with E-state index in [2.05, 4.69) is 10.6 Å². The van der Waals surface area contributed by atoms with Crippen LogP contribution in [0.5, 0.6) is 0 Å². The minimum atomic E-state index is -0.193. The van der Waals surface area contributed by atoms with Gasteiger partial charge in [0.1, 0.15) is 0 Å². The number of amides is 2. The van der Waals surface area contributed by atoms with Crippen LogP contribution >= 0.6 is 0 Å². The van der Waals surface area contributed by atoms with Crippen molar-refractivity contribution in [1.29, 1.82) is 0 Å². The molecule has 0 bridgehead atoms. The van der Waals surface area contributed by atoms with Crippen LogP contribution in [-0.4, -0.2) is 38.1 Å². The summed E-state index contributed by atoms with van der Waals surface area (Å²) in [5, 5.41) is 5.54. The van der Waals surface area contributed by atoms with Crippen LogP contribution in [0.1, 0.15) is 5.56 Å². The first-order chi connectivity index (χ1) is 8.11. The summed E-state index contributed by atoms with van der Waals surface area (Å²) in [7, 11) is 3.93. The quantitative estimate of drug-likeness (QED) is 0.709. The van der Waals surface area contributed by atoms with Gasteiger partial charge >= 0.3 is 6.03 Å². The molecule has 0 aliphatic heterocycles. The van der Waals surface area contributed by atoms with Crippen molar-refractivity contribution in [3.63, 3.8) is 0 Å². The zero-order chi connectivity index (χ0) is 12.7. The highest BCUT2D eigenvalue weighted by Crippen LogP contribution is 2.09. The molecule has 17 heavy (non-hydrogen) atoms. The lowest BCUT2D eigenvalue weighted by Gasteiger charge is -2.11.